The molecule has 4 amide bonds. The van der Waals surface area contributed by atoms with Crippen molar-refractivity contribution >= 4 is 68.4 Å². The maximum atomic E-state index is 14.0. The molecule has 2 aromatic heterocycles. The van der Waals surface area contributed by atoms with Crippen LogP contribution in [0.25, 0.3) is 31.0 Å². The Balaban J connectivity index is 0.607. The predicted molar refractivity (Wildman–Crippen MR) is 339 cm³/mol. The second-order valence-corrected chi connectivity index (χ2v) is 24.0. The van der Waals surface area contributed by atoms with E-state index in [1.165, 1.54) is 28.5 Å². The standard InChI is InChI=1S/C66H76N6O15S2/c1-42(45-8-12-47(13-9-45)60-43(2)67-41-88-60)69-64(79)55-36-52(75)39-72(55)65(80)62(66(3,4)5)70-57(76)40-86-33-32-84-29-28-82-25-24-81-26-27-83-30-31-85-34-35-87-53-21-6-44(7-22-53)38-68-71-63(78)49-14-10-46(11-15-49)59(77)58-54-23-20-51(74)37-56(54)89-61(58)48-16-18-50(73)19-17-48/h6-23,37-38,41-42,52,55,62,73-75H,24-36,39-40H2,1-5H3,(H,69,79)(H,70,76)(H,71,78). The number of ketones is 1. The Labute approximate surface area is 524 Å². The molecule has 0 aliphatic carbocycles. The largest absolute Gasteiger partial charge is 0.508 e. The fraction of sp³-hybridized carbons (Fsp3) is 0.379. The summed E-state index contributed by atoms with van der Waals surface area (Å²) in [6.07, 6.45) is 0.694. The van der Waals surface area contributed by atoms with Crippen molar-refractivity contribution in [2.75, 3.05) is 92.4 Å². The lowest BCUT2D eigenvalue weighted by Gasteiger charge is -2.35. The Morgan fingerprint density at radius 2 is 1.26 bits per heavy atom. The lowest BCUT2D eigenvalue weighted by Crippen LogP contribution is -2.58. The average molecular weight is 1260 g/mol. The van der Waals surface area contributed by atoms with Crippen molar-refractivity contribution in [3.8, 4) is 38.1 Å². The number of hydrazone groups is 1. The molecule has 7 aromatic rings. The Morgan fingerprint density at radius 3 is 1.85 bits per heavy atom. The maximum absolute atomic E-state index is 14.0. The Hall–Kier alpha value is -7.97. The normalized spacial score (nSPS) is 14.9. The Bertz CT molecular complexity index is 3480. The molecule has 0 spiro atoms. The van der Waals surface area contributed by atoms with Gasteiger partial charge in [-0.2, -0.15) is 5.10 Å². The van der Waals surface area contributed by atoms with Gasteiger partial charge >= 0.3 is 0 Å². The van der Waals surface area contributed by atoms with E-state index in [9.17, 15) is 39.3 Å². The smallest absolute Gasteiger partial charge is 0.271 e. The highest BCUT2D eigenvalue weighted by Crippen LogP contribution is 2.42. The number of phenolic OH excluding ortho intramolecular Hbond substituents is 2. The molecule has 8 rings (SSSR count). The number of nitrogens with zero attached hydrogens (tertiary/aromatic N) is 3. The van der Waals surface area contributed by atoms with Crippen LogP contribution < -0.4 is 20.8 Å². The third kappa shape index (κ3) is 19.5. The van der Waals surface area contributed by atoms with E-state index in [1.807, 2.05) is 64.4 Å². The molecule has 21 nitrogen and oxygen atoms in total. The third-order valence-electron chi connectivity index (χ3n) is 14.3. The van der Waals surface area contributed by atoms with Crippen LogP contribution in [0.15, 0.2) is 126 Å². The number of thiophene rings is 1. The van der Waals surface area contributed by atoms with E-state index < -0.39 is 41.3 Å². The second kappa shape index (κ2) is 33.0. The highest BCUT2D eigenvalue weighted by molar-refractivity contribution is 7.22. The number of likely N-dealkylation sites (tertiary alicyclic amines) is 1. The number of hydrogen-bond acceptors (Lipinski definition) is 19. The zero-order chi connectivity index (χ0) is 63.3. The summed E-state index contributed by atoms with van der Waals surface area (Å²) in [6, 6.07) is 30.5. The molecule has 1 aliphatic rings. The van der Waals surface area contributed by atoms with Gasteiger partial charge in [0.1, 0.15) is 42.5 Å². The topological polar surface area (TPSA) is 275 Å². The number of rotatable bonds is 33. The van der Waals surface area contributed by atoms with Gasteiger partial charge in [0.25, 0.3) is 5.91 Å². The van der Waals surface area contributed by atoms with Gasteiger partial charge in [-0.15, -0.1) is 22.7 Å². The van der Waals surface area contributed by atoms with Crippen LogP contribution in [-0.4, -0.2) is 171 Å². The number of ether oxygens (including phenoxy) is 7. The quantitative estimate of drug-likeness (QED) is 0.00978. The number of carbonyl (C=O) groups is 5. The van der Waals surface area contributed by atoms with Crippen LogP contribution in [0.5, 0.6) is 17.2 Å². The summed E-state index contributed by atoms with van der Waals surface area (Å²) >= 11 is 2.94. The molecule has 0 radical (unpaired) electrons. The number of aromatic nitrogens is 1. The van der Waals surface area contributed by atoms with Gasteiger partial charge < -0.3 is 64.0 Å². The van der Waals surface area contributed by atoms with Crippen molar-refractivity contribution in [1.82, 2.24) is 25.9 Å². The van der Waals surface area contributed by atoms with Gasteiger partial charge in [-0.1, -0.05) is 57.2 Å². The molecule has 3 heterocycles. The zero-order valence-corrected chi connectivity index (χ0v) is 52.1. The van der Waals surface area contributed by atoms with Crippen molar-refractivity contribution in [2.45, 2.75) is 65.3 Å². The molecule has 23 heteroatoms. The van der Waals surface area contributed by atoms with Gasteiger partial charge in [-0.25, -0.2) is 10.4 Å². The van der Waals surface area contributed by atoms with E-state index in [0.29, 0.717) is 98.8 Å². The minimum atomic E-state index is -0.985. The first kappa shape index (κ1) is 67.0. The molecule has 1 saturated heterocycles. The van der Waals surface area contributed by atoms with Gasteiger partial charge in [-0.05, 0) is 120 Å². The average Bonchev–Trinajstić information content (AvgIpc) is 1.78. The molecule has 4 atom stereocenters. The summed E-state index contributed by atoms with van der Waals surface area (Å²) < 4.78 is 39.9. The van der Waals surface area contributed by atoms with Crippen molar-refractivity contribution in [2.24, 2.45) is 10.5 Å². The Morgan fingerprint density at radius 1 is 0.697 bits per heavy atom. The maximum Gasteiger partial charge on any atom is 0.271 e. The van der Waals surface area contributed by atoms with E-state index in [-0.39, 0.29) is 62.0 Å². The number of carbonyl (C=O) groups excluding carboxylic acids is 5. The summed E-state index contributed by atoms with van der Waals surface area (Å²) in [5.41, 5.74) is 9.13. The first-order valence-corrected chi connectivity index (χ1v) is 30.9. The molecule has 0 bridgehead atoms. The van der Waals surface area contributed by atoms with E-state index in [2.05, 4.69) is 26.1 Å². The molecule has 89 heavy (non-hydrogen) atoms. The van der Waals surface area contributed by atoms with Gasteiger partial charge in [0.05, 0.1) is 107 Å². The number of β-amino-alcohol motifs (C(OH)–C–C–N with tert-alkyl or cyclic N) is 1. The van der Waals surface area contributed by atoms with Crippen molar-refractivity contribution in [3.05, 3.63) is 154 Å². The molecule has 472 valence electrons. The van der Waals surface area contributed by atoms with E-state index in [0.717, 1.165) is 37.5 Å². The minimum absolute atomic E-state index is 0.0333. The summed E-state index contributed by atoms with van der Waals surface area (Å²) in [5, 5.41) is 41.1. The third-order valence-corrected chi connectivity index (χ3v) is 16.5. The number of thiazole rings is 1. The van der Waals surface area contributed by atoms with E-state index in [4.69, 9.17) is 33.2 Å². The minimum Gasteiger partial charge on any atom is -0.508 e. The first-order valence-electron chi connectivity index (χ1n) is 29.2. The molecule has 4 unspecified atom stereocenters. The van der Waals surface area contributed by atoms with Crippen LogP contribution >= 0.6 is 22.7 Å². The number of nitrogens with one attached hydrogen (secondary N) is 3. The summed E-state index contributed by atoms with van der Waals surface area (Å²) in [5.74, 6) is -1.21. The predicted octanol–water partition coefficient (Wildman–Crippen LogP) is 8.25. The van der Waals surface area contributed by atoms with Gasteiger partial charge in [-0.3, -0.25) is 24.0 Å². The van der Waals surface area contributed by atoms with Crippen LogP contribution in [0.3, 0.4) is 0 Å². The highest BCUT2D eigenvalue weighted by Gasteiger charge is 2.45. The van der Waals surface area contributed by atoms with Gasteiger partial charge in [0.2, 0.25) is 17.7 Å². The molecule has 5 aromatic carbocycles. The molecular weight excluding hydrogens is 1180 g/mol. The second-order valence-electron chi connectivity index (χ2n) is 22.1. The number of amides is 4. The fourth-order valence-corrected chi connectivity index (χ4v) is 11.7. The molecule has 6 N–H and O–H groups in total. The number of fused-ring (bicyclic) bond motifs is 1. The first-order chi connectivity index (χ1) is 42.9. The van der Waals surface area contributed by atoms with Crippen LogP contribution in [0.4, 0.5) is 0 Å². The van der Waals surface area contributed by atoms with E-state index in [1.54, 1.807) is 96.3 Å². The monoisotopic (exact) mass is 1260 g/mol. The zero-order valence-electron chi connectivity index (χ0n) is 50.4. The van der Waals surface area contributed by atoms with Gasteiger partial charge in [0.15, 0.2) is 5.78 Å². The van der Waals surface area contributed by atoms with Crippen molar-refractivity contribution in [1.29, 1.82) is 0 Å². The number of phenols is 2. The molecule has 0 saturated carbocycles. The SMILES string of the molecule is Cc1ncsc1-c1ccc(C(C)NC(=O)C2CC(O)CN2C(=O)C(NC(=O)COCCOCCOCCOCCOCCOCCOc2ccc(C=NNC(=O)c3ccc(C(=O)c4c(-c5ccc(O)cc5)sc5cc(O)ccc45)cc3)cc2)C(C)(C)C)cc1. The molecule has 1 aliphatic heterocycles. The number of benzene rings is 5. The Kier molecular flexibility index (Phi) is 24.8. The van der Waals surface area contributed by atoms with Gasteiger partial charge in [0, 0.05) is 44.6 Å². The van der Waals surface area contributed by atoms with Crippen LogP contribution in [0.2, 0.25) is 0 Å². The van der Waals surface area contributed by atoms with E-state index >= 15 is 0 Å². The summed E-state index contributed by atoms with van der Waals surface area (Å²) in [4.78, 5) is 75.0. The molecule has 1 fully saturated rings. The molecular formula is C66H76N6O15S2. The fourth-order valence-electron chi connectivity index (χ4n) is 9.63. The lowest BCUT2D eigenvalue weighted by molar-refractivity contribution is -0.144. The van der Waals surface area contributed by atoms with Crippen molar-refractivity contribution in [3.63, 3.8) is 0 Å². The number of hydrogen-bond donors (Lipinski definition) is 6. The number of aliphatic hydroxyl groups excluding tert-OH is 1. The van der Waals surface area contributed by atoms with Crippen molar-refractivity contribution < 1.29 is 72.5 Å². The summed E-state index contributed by atoms with van der Waals surface area (Å²) in [7, 11) is 0. The van der Waals surface area contributed by atoms with Crippen LogP contribution in [0, 0.1) is 12.3 Å². The summed E-state index contributed by atoms with van der Waals surface area (Å²) in [6.45, 7) is 13.0. The van der Waals surface area contributed by atoms with Crippen LogP contribution in [-0.2, 0) is 42.8 Å². The van der Waals surface area contributed by atoms with Crippen LogP contribution in [0.1, 0.15) is 83.3 Å². The number of aryl methyl sites for hydroxylation is 1. The highest BCUT2D eigenvalue weighted by atomic mass is 32.1. The lowest BCUT2D eigenvalue weighted by atomic mass is 9.85. The number of aliphatic hydroxyl groups is 1. The number of aromatic hydroxyl groups is 2.